The quantitative estimate of drug-likeness (QED) is 0.474. The number of alkyl carbamates (subject to hydrolysis) is 1. The van der Waals surface area contributed by atoms with E-state index in [9.17, 15) is 19.5 Å². The molecule has 0 radical (unpaired) electrons. The number of aliphatic carboxylic acids is 1. The van der Waals surface area contributed by atoms with Gasteiger partial charge in [0.15, 0.2) is 6.04 Å². The molecule has 144 valence electrons. The molecule has 0 saturated heterocycles. The van der Waals surface area contributed by atoms with Gasteiger partial charge in [-0.05, 0) is 30.9 Å². The first-order valence-electron chi connectivity index (χ1n) is 8.02. The van der Waals surface area contributed by atoms with Crippen molar-refractivity contribution in [3.05, 3.63) is 35.9 Å². The maximum absolute atomic E-state index is 12.3. The van der Waals surface area contributed by atoms with Crippen LogP contribution in [0.1, 0.15) is 18.9 Å². The molecule has 1 rings (SSSR count). The van der Waals surface area contributed by atoms with Crippen LogP contribution in [0.4, 0.5) is 4.79 Å². The van der Waals surface area contributed by atoms with Crippen molar-refractivity contribution < 1.29 is 29.3 Å². The van der Waals surface area contributed by atoms with Crippen molar-refractivity contribution in [3.8, 4) is 0 Å². The summed E-state index contributed by atoms with van der Waals surface area (Å²) in [5, 5.41) is 23.2. The van der Waals surface area contributed by atoms with E-state index in [-0.39, 0.29) is 6.61 Å². The fourth-order valence-corrected chi connectivity index (χ4v) is 2.53. The van der Waals surface area contributed by atoms with Gasteiger partial charge >= 0.3 is 12.1 Å². The van der Waals surface area contributed by atoms with Crippen molar-refractivity contribution in [1.82, 2.24) is 10.6 Å². The van der Waals surface area contributed by atoms with Gasteiger partial charge in [-0.2, -0.15) is 11.8 Å². The number of carbonyl (C=O) groups is 3. The molecular weight excluding hydrogens is 360 g/mol. The second kappa shape index (κ2) is 11.4. The minimum Gasteiger partial charge on any atom is -0.480 e. The van der Waals surface area contributed by atoms with E-state index in [0.717, 1.165) is 5.56 Å². The summed E-state index contributed by atoms with van der Waals surface area (Å²) in [5.41, 5.74) is 0.799. The van der Waals surface area contributed by atoms with E-state index < -0.39 is 36.2 Å². The zero-order valence-electron chi connectivity index (χ0n) is 14.7. The summed E-state index contributed by atoms with van der Waals surface area (Å²) >= 11 is 1.48. The standard InChI is InChI=1S/C17H24N2O6S/c1-11(20)14(16(22)23)19-15(21)13(8-9-26-2)18-17(24)25-10-12-6-4-3-5-7-12/h3-7,11,13-14,20H,8-10H2,1-2H3,(H,18,24)(H,19,21)(H,22,23)/t11-,13-,14-/m0/s1. The Morgan fingerprint density at radius 3 is 2.38 bits per heavy atom. The van der Waals surface area contributed by atoms with Gasteiger partial charge in [-0.15, -0.1) is 0 Å². The number of aliphatic hydroxyl groups excluding tert-OH is 1. The molecule has 0 spiro atoms. The molecule has 0 aliphatic rings. The lowest BCUT2D eigenvalue weighted by atomic mass is 10.1. The van der Waals surface area contributed by atoms with E-state index in [1.807, 2.05) is 24.5 Å². The molecule has 0 heterocycles. The highest BCUT2D eigenvalue weighted by Gasteiger charge is 2.29. The van der Waals surface area contributed by atoms with Gasteiger partial charge < -0.3 is 25.6 Å². The molecule has 0 bridgehead atoms. The Kier molecular flexibility index (Phi) is 9.53. The molecule has 1 aromatic carbocycles. The second-order valence-electron chi connectivity index (χ2n) is 5.61. The molecule has 8 nitrogen and oxygen atoms in total. The summed E-state index contributed by atoms with van der Waals surface area (Å²) in [7, 11) is 0. The van der Waals surface area contributed by atoms with Gasteiger partial charge in [0.2, 0.25) is 5.91 Å². The smallest absolute Gasteiger partial charge is 0.408 e. The van der Waals surface area contributed by atoms with E-state index in [2.05, 4.69) is 10.6 Å². The van der Waals surface area contributed by atoms with Crippen LogP contribution in [-0.2, 0) is 20.9 Å². The van der Waals surface area contributed by atoms with Crippen molar-refractivity contribution in [2.75, 3.05) is 12.0 Å². The Labute approximate surface area is 156 Å². The number of aliphatic hydroxyl groups is 1. The minimum absolute atomic E-state index is 0.0506. The third-order valence-electron chi connectivity index (χ3n) is 3.48. The number of benzene rings is 1. The number of hydrogen-bond donors (Lipinski definition) is 4. The van der Waals surface area contributed by atoms with Gasteiger partial charge in [-0.3, -0.25) is 4.79 Å². The Bertz CT molecular complexity index is 596. The average molecular weight is 384 g/mol. The monoisotopic (exact) mass is 384 g/mol. The van der Waals surface area contributed by atoms with Gasteiger partial charge in [-0.1, -0.05) is 30.3 Å². The molecular formula is C17H24N2O6S. The molecule has 9 heteroatoms. The zero-order valence-corrected chi connectivity index (χ0v) is 15.5. The first kappa shape index (κ1) is 21.8. The largest absolute Gasteiger partial charge is 0.480 e. The van der Waals surface area contributed by atoms with E-state index in [1.54, 1.807) is 12.1 Å². The Morgan fingerprint density at radius 1 is 1.19 bits per heavy atom. The van der Waals surface area contributed by atoms with Crippen LogP contribution >= 0.6 is 11.8 Å². The normalized spacial score (nSPS) is 14.0. The van der Waals surface area contributed by atoms with Crippen LogP contribution in [0.25, 0.3) is 0 Å². The number of hydrogen-bond acceptors (Lipinski definition) is 6. The van der Waals surface area contributed by atoms with Crippen LogP contribution in [0.2, 0.25) is 0 Å². The SMILES string of the molecule is CSCC[C@H](NC(=O)OCc1ccccc1)C(=O)N[C@H](C(=O)O)[C@H](C)O. The number of carbonyl (C=O) groups excluding carboxylic acids is 2. The predicted octanol–water partition coefficient (Wildman–Crippen LogP) is 0.985. The number of rotatable bonds is 10. The van der Waals surface area contributed by atoms with Crippen molar-refractivity contribution in [2.24, 2.45) is 0 Å². The number of nitrogens with one attached hydrogen (secondary N) is 2. The maximum Gasteiger partial charge on any atom is 0.408 e. The van der Waals surface area contributed by atoms with Crippen LogP contribution < -0.4 is 10.6 Å². The molecule has 3 atom stereocenters. The molecule has 0 aliphatic carbocycles. The Balaban J connectivity index is 2.65. The summed E-state index contributed by atoms with van der Waals surface area (Å²) in [6.07, 6.45) is 0.0831. The topological polar surface area (TPSA) is 125 Å². The van der Waals surface area contributed by atoms with Crippen LogP contribution in [0.5, 0.6) is 0 Å². The Hall–Kier alpha value is -2.26. The molecule has 0 saturated carbocycles. The predicted molar refractivity (Wildman–Crippen MR) is 97.8 cm³/mol. The van der Waals surface area contributed by atoms with Gasteiger partial charge in [0, 0.05) is 0 Å². The zero-order chi connectivity index (χ0) is 19.5. The molecule has 0 fully saturated rings. The number of thioether (sulfide) groups is 1. The van der Waals surface area contributed by atoms with E-state index >= 15 is 0 Å². The minimum atomic E-state index is -1.46. The van der Waals surface area contributed by atoms with E-state index in [4.69, 9.17) is 9.84 Å². The van der Waals surface area contributed by atoms with Crippen LogP contribution in [0.3, 0.4) is 0 Å². The van der Waals surface area contributed by atoms with Crippen LogP contribution in [0, 0.1) is 0 Å². The summed E-state index contributed by atoms with van der Waals surface area (Å²) in [6.45, 7) is 1.31. The number of amides is 2. The first-order chi connectivity index (χ1) is 12.3. The number of carboxylic acid groups (broad SMARTS) is 1. The highest BCUT2D eigenvalue weighted by molar-refractivity contribution is 7.98. The van der Waals surface area contributed by atoms with Crippen molar-refractivity contribution in [3.63, 3.8) is 0 Å². The third kappa shape index (κ3) is 7.75. The molecule has 4 N–H and O–H groups in total. The highest BCUT2D eigenvalue weighted by Crippen LogP contribution is 2.05. The van der Waals surface area contributed by atoms with Crippen molar-refractivity contribution >= 4 is 29.7 Å². The van der Waals surface area contributed by atoms with E-state index in [0.29, 0.717) is 12.2 Å². The molecule has 2 amide bonds. The van der Waals surface area contributed by atoms with Crippen molar-refractivity contribution in [1.29, 1.82) is 0 Å². The van der Waals surface area contributed by atoms with Gasteiger partial charge in [0.05, 0.1) is 6.10 Å². The average Bonchev–Trinajstić information content (AvgIpc) is 2.61. The van der Waals surface area contributed by atoms with Crippen molar-refractivity contribution in [2.45, 2.75) is 38.1 Å². The maximum atomic E-state index is 12.3. The number of carboxylic acids is 1. The number of ether oxygens (including phenoxy) is 1. The molecule has 0 aliphatic heterocycles. The fourth-order valence-electron chi connectivity index (χ4n) is 2.05. The molecule has 0 aromatic heterocycles. The van der Waals surface area contributed by atoms with E-state index in [1.165, 1.54) is 18.7 Å². The summed E-state index contributed by atoms with van der Waals surface area (Å²) in [5.74, 6) is -1.48. The molecule has 26 heavy (non-hydrogen) atoms. The first-order valence-corrected chi connectivity index (χ1v) is 9.42. The second-order valence-corrected chi connectivity index (χ2v) is 6.59. The lowest BCUT2D eigenvalue weighted by Gasteiger charge is -2.22. The molecule has 1 aromatic rings. The van der Waals surface area contributed by atoms with Crippen LogP contribution in [0.15, 0.2) is 30.3 Å². The van der Waals surface area contributed by atoms with Gasteiger partial charge in [0.1, 0.15) is 12.6 Å². The lowest BCUT2D eigenvalue weighted by Crippen LogP contribution is -2.54. The summed E-state index contributed by atoms with van der Waals surface area (Å²) in [4.78, 5) is 35.4. The summed E-state index contributed by atoms with van der Waals surface area (Å²) < 4.78 is 5.09. The highest BCUT2D eigenvalue weighted by atomic mass is 32.2. The molecule has 0 unspecified atom stereocenters. The fraction of sp³-hybridized carbons (Fsp3) is 0.471. The van der Waals surface area contributed by atoms with Crippen LogP contribution in [-0.4, -0.2) is 58.4 Å². The van der Waals surface area contributed by atoms with Gasteiger partial charge in [0.25, 0.3) is 0 Å². The van der Waals surface area contributed by atoms with Gasteiger partial charge in [-0.25, -0.2) is 9.59 Å². The lowest BCUT2D eigenvalue weighted by molar-refractivity contribution is -0.145. The third-order valence-corrected chi connectivity index (χ3v) is 4.12. The summed E-state index contributed by atoms with van der Waals surface area (Å²) in [6, 6.07) is 6.64. The Morgan fingerprint density at radius 2 is 1.85 bits per heavy atom.